The Bertz CT molecular complexity index is 326. The maximum atomic E-state index is 11.9. The molecule has 0 atom stereocenters. The molecular weight excluding hydrogens is 178 g/mol. The van der Waals surface area contributed by atoms with Crippen LogP contribution in [0.1, 0.15) is 35.4 Å². The molecule has 1 fully saturated rings. The molecule has 1 aliphatic rings. The minimum Gasteiger partial charge on any atom is -0.337 e. The summed E-state index contributed by atoms with van der Waals surface area (Å²) in [6.07, 6.45) is 3.48. The third kappa shape index (κ3) is 1.78. The van der Waals surface area contributed by atoms with Crippen molar-refractivity contribution in [1.29, 1.82) is 0 Å². The number of nitrogens with zero attached hydrogens (tertiary/aromatic N) is 2. The van der Waals surface area contributed by atoms with E-state index in [0.717, 1.165) is 31.6 Å². The van der Waals surface area contributed by atoms with E-state index in [4.69, 9.17) is 0 Å². The van der Waals surface area contributed by atoms with Gasteiger partial charge in [0.2, 0.25) is 0 Å². The Morgan fingerprint density at radius 1 is 1.43 bits per heavy atom. The number of carbonyl (C=O) groups is 1. The quantitative estimate of drug-likeness (QED) is 0.731. The number of aromatic nitrogens is 2. The molecule has 0 saturated carbocycles. The molecule has 1 aromatic rings. The van der Waals surface area contributed by atoms with Crippen molar-refractivity contribution in [1.82, 2.24) is 15.1 Å². The summed E-state index contributed by atoms with van der Waals surface area (Å²) in [5.41, 5.74) is 1.48. The van der Waals surface area contributed by atoms with Crippen LogP contribution in [0.5, 0.6) is 0 Å². The molecule has 1 saturated heterocycles. The third-order valence-electron chi connectivity index (χ3n) is 2.57. The smallest absolute Gasteiger partial charge is 0.274 e. The molecule has 14 heavy (non-hydrogen) atoms. The van der Waals surface area contributed by atoms with Crippen molar-refractivity contribution in [3.63, 3.8) is 0 Å². The van der Waals surface area contributed by atoms with Gasteiger partial charge in [0.1, 0.15) is 5.69 Å². The largest absolute Gasteiger partial charge is 0.337 e. The van der Waals surface area contributed by atoms with Crippen LogP contribution in [0.4, 0.5) is 0 Å². The van der Waals surface area contributed by atoms with Gasteiger partial charge in [-0.3, -0.25) is 9.89 Å². The van der Waals surface area contributed by atoms with Crippen LogP contribution < -0.4 is 0 Å². The molecule has 0 unspecified atom stereocenters. The molecular formula is C10H15N3O. The Balaban J connectivity index is 2.07. The first kappa shape index (κ1) is 9.24. The molecule has 0 bridgehead atoms. The molecule has 4 nitrogen and oxygen atoms in total. The summed E-state index contributed by atoms with van der Waals surface area (Å²) in [5, 5.41) is 6.77. The van der Waals surface area contributed by atoms with Gasteiger partial charge in [-0.25, -0.2) is 0 Å². The van der Waals surface area contributed by atoms with Crippen molar-refractivity contribution < 1.29 is 4.79 Å². The van der Waals surface area contributed by atoms with Crippen molar-refractivity contribution >= 4 is 5.91 Å². The summed E-state index contributed by atoms with van der Waals surface area (Å²) < 4.78 is 0. The molecule has 1 aliphatic heterocycles. The van der Waals surface area contributed by atoms with Gasteiger partial charge in [0.05, 0.1) is 0 Å². The number of likely N-dealkylation sites (tertiary alicyclic amines) is 1. The SMILES string of the molecule is Cc1cc(C(=O)N2CCCCC2)n[nH]1. The van der Waals surface area contributed by atoms with Crippen LogP contribution in [-0.2, 0) is 0 Å². The lowest BCUT2D eigenvalue weighted by molar-refractivity contribution is 0.0718. The van der Waals surface area contributed by atoms with Crippen LogP contribution in [0, 0.1) is 6.92 Å². The Labute approximate surface area is 83.3 Å². The molecule has 1 amide bonds. The number of piperidine rings is 1. The van der Waals surface area contributed by atoms with Crippen LogP contribution in [0.25, 0.3) is 0 Å². The number of rotatable bonds is 1. The van der Waals surface area contributed by atoms with E-state index in [1.54, 1.807) is 6.07 Å². The van der Waals surface area contributed by atoms with Crippen molar-refractivity contribution in [3.8, 4) is 0 Å². The van der Waals surface area contributed by atoms with Gasteiger partial charge >= 0.3 is 0 Å². The summed E-state index contributed by atoms with van der Waals surface area (Å²) in [7, 11) is 0. The zero-order chi connectivity index (χ0) is 9.97. The van der Waals surface area contributed by atoms with E-state index in [-0.39, 0.29) is 5.91 Å². The molecule has 0 aliphatic carbocycles. The van der Waals surface area contributed by atoms with E-state index in [9.17, 15) is 4.79 Å². The van der Waals surface area contributed by atoms with Gasteiger partial charge < -0.3 is 4.90 Å². The topological polar surface area (TPSA) is 49.0 Å². The summed E-state index contributed by atoms with van der Waals surface area (Å²) in [4.78, 5) is 13.7. The minimum absolute atomic E-state index is 0.0639. The highest BCUT2D eigenvalue weighted by molar-refractivity contribution is 5.92. The monoisotopic (exact) mass is 193 g/mol. The second kappa shape index (κ2) is 3.82. The van der Waals surface area contributed by atoms with Crippen molar-refractivity contribution in [2.75, 3.05) is 13.1 Å². The lowest BCUT2D eigenvalue weighted by Gasteiger charge is -2.25. The molecule has 0 aromatic carbocycles. The lowest BCUT2D eigenvalue weighted by Crippen LogP contribution is -2.35. The Morgan fingerprint density at radius 3 is 2.71 bits per heavy atom. The Hall–Kier alpha value is -1.32. The highest BCUT2D eigenvalue weighted by Gasteiger charge is 2.19. The van der Waals surface area contributed by atoms with Crippen LogP contribution in [0.2, 0.25) is 0 Å². The summed E-state index contributed by atoms with van der Waals surface area (Å²) in [6.45, 7) is 3.66. The van der Waals surface area contributed by atoms with Gasteiger partial charge in [0.15, 0.2) is 0 Å². The first-order chi connectivity index (χ1) is 6.77. The molecule has 1 N–H and O–H groups in total. The standard InChI is InChI=1S/C10H15N3O/c1-8-7-9(12-11-8)10(14)13-5-3-2-4-6-13/h7H,2-6H2,1H3,(H,11,12). The van der Waals surface area contributed by atoms with Crippen LogP contribution >= 0.6 is 0 Å². The summed E-state index contributed by atoms with van der Waals surface area (Å²) in [6, 6.07) is 1.80. The Kier molecular flexibility index (Phi) is 2.52. The van der Waals surface area contributed by atoms with Crippen LogP contribution in [0.15, 0.2) is 6.07 Å². The zero-order valence-corrected chi connectivity index (χ0v) is 8.42. The van der Waals surface area contributed by atoms with E-state index in [2.05, 4.69) is 10.2 Å². The first-order valence-electron chi connectivity index (χ1n) is 5.08. The van der Waals surface area contributed by atoms with Crippen molar-refractivity contribution in [2.45, 2.75) is 26.2 Å². The second-order valence-corrected chi connectivity index (χ2v) is 3.79. The van der Waals surface area contributed by atoms with Crippen molar-refractivity contribution in [2.24, 2.45) is 0 Å². The fourth-order valence-electron chi connectivity index (χ4n) is 1.79. The number of carbonyl (C=O) groups excluding carboxylic acids is 1. The maximum Gasteiger partial charge on any atom is 0.274 e. The molecule has 0 radical (unpaired) electrons. The number of nitrogens with one attached hydrogen (secondary N) is 1. The van der Waals surface area contributed by atoms with Crippen LogP contribution in [0.3, 0.4) is 0 Å². The Morgan fingerprint density at radius 2 is 2.14 bits per heavy atom. The van der Waals surface area contributed by atoms with E-state index in [1.807, 2.05) is 11.8 Å². The number of hydrogen-bond acceptors (Lipinski definition) is 2. The summed E-state index contributed by atoms with van der Waals surface area (Å²) in [5.74, 6) is 0.0639. The van der Waals surface area contributed by atoms with Gasteiger partial charge in [-0.1, -0.05) is 0 Å². The number of aromatic amines is 1. The summed E-state index contributed by atoms with van der Waals surface area (Å²) >= 11 is 0. The predicted molar refractivity (Wildman–Crippen MR) is 53.1 cm³/mol. The fraction of sp³-hybridized carbons (Fsp3) is 0.600. The number of amides is 1. The van der Waals surface area contributed by atoms with E-state index in [1.165, 1.54) is 6.42 Å². The normalized spacial score (nSPS) is 17.1. The highest BCUT2D eigenvalue weighted by atomic mass is 16.2. The van der Waals surface area contributed by atoms with E-state index >= 15 is 0 Å². The lowest BCUT2D eigenvalue weighted by atomic mass is 10.1. The number of hydrogen-bond donors (Lipinski definition) is 1. The third-order valence-corrected chi connectivity index (χ3v) is 2.57. The van der Waals surface area contributed by atoms with Gasteiger partial charge in [0, 0.05) is 18.8 Å². The second-order valence-electron chi connectivity index (χ2n) is 3.79. The van der Waals surface area contributed by atoms with Gasteiger partial charge in [-0.05, 0) is 32.3 Å². The van der Waals surface area contributed by atoms with Gasteiger partial charge in [0.25, 0.3) is 5.91 Å². The van der Waals surface area contributed by atoms with Gasteiger partial charge in [-0.15, -0.1) is 0 Å². The van der Waals surface area contributed by atoms with Crippen molar-refractivity contribution in [3.05, 3.63) is 17.5 Å². The molecule has 0 spiro atoms. The molecule has 2 rings (SSSR count). The van der Waals surface area contributed by atoms with Crippen LogP contribution in [-0.4, -0.2) is 34.1 Å². The fourth-order valence-corrected chi connectivity index (χ4v) is 1.79. The van der Waals surface area contributed by atoms with E-state index in [0.29, 0.717) is 5.69 Å². The predicted octanol–water partition coefficient (Wildman–Crippen LogP) is 1.34. The number of H-pyrrole nitrogens is 1. The molecule has 4 heteroatoms. The number of aryl methyl sites for hydroxylation is 1. The molecule has 76 valence electrons. The van der Waals surface area contributed by atoms with Gasteiger partial charge in [-0.2, -0.15) is 5.10 Å². The molecule has 1 aromatic heterocycles. The average Bonchev–Trinajstić information content (AvgIpc) is 2.65. The highest BCUT2D eigenvalue weighted by Crippen LogP contribution is 2.12. The maximum absolute atomic E-state index is 11.9. The van der Waals surface area contributed by atoms with E-state index < -0.39 is 0 Å². The molecule has 2 heterocycles. The average molecular weight is 193 g/mol. The first-order valence-corrected chi connectivity index (χ1v) is 5.08. The minimum atomic E-state index is 0.0639. The zero-order valence-electron chi connectivity index (χ0n) is 8.42.